The largest absolute Gasteiger partial charge is 0.475 e. The van der Waals surface area contributed by atoms with Crippen molar-refractivity contribution in [1.82, 2.24) is 0 Å². The highest BCUT2D eigenvalue weighted by Crippen LogP contribution is 2.53. The number of carboxylic acid groups (broad SMARTS) is 1. The first-order valence-electron chi connectivity index (χ1n) is 13.4. The van der Waals surface area contributed by atoms with E-state index in [4.69, 9.17) is 14.5 Å². The molecule has 0 saturated heterocycles. The summed E-state index contributed by atoms with van der Waals surface area (Å²) in [4.78, 5) is 16.5. The molecule has 0 aromatic carbocycles. The number of aromatic carboxylic acids is 1. The van der Waals surface area contributed by atoms with Gasteiger partial charge in [0, 0.05) is 16.9 Å². The second kappa shape index (κ2) is 10.2. The van der Waals surface area contributed by atoms with Crippen molar-refractivity contribution in [1.29, 1.82) is 0 Å². The zero-order valence-corrected chi connectivity index (χ0v) is 22.1. The Morgan fingerprint density at radius 2 is 1.86 bits per heavy atom. The smallest absolute Gasteiger partial charge is 0.371 e. The third-order valence-corrected chi connectivity index (χ3v) is 7.59. The minimum absolute atomic E-state index is 0.0422. The first-order chi connectivity index (χ1) is 16.6. The molecule has 2 heterocycles. The number of carbonyl (C=O) groups is 1. The fraction of sp³-hybridized carbons (Fsp3) is 0.548. The molecule has 1 atom stereocenters. The van der Waals surface area contributed by atoms with Crippen LogP contribution >= 0.6 is 0 Å². The van der Waals surface area contributed by atoms with E-state index in [1.165, 1.54) is 67.9 Å². The summed E-state index contributed by atoms with van der Waals surface area (Å²) < 4.78 is 5.44. The summed E-state index contributed by atoms with van der Waals surface area (Å²) in [6.07, 6.45) is 19.7. The van der Waals surface area contributed by atoms with Gasteiger partial charge in [0.2, 0.25) is 5.76 Å². The van der Waals surface area contributed by atoms with Crippen LogP contribution in [0.4, 0.5) is 0 Å². The second-order valence-corrected chi connectivity index (χ2v) is 11.9. The van der Waals surface area contributed by atoms with Gasteiger partial charge >= 0.3 is 5.97 Å². The lowest BCUT2D eigenvalue weighted by molar-refractivity contribution is 0.0662. The van der Waals surface area contributed by atoms with Crippen LogP contribution in [0.3, 0.4) is 0 Å². The lowest BCUT2D eigenvalue weighted by atomic mass is 9.61. The van der Waals surface area contributed by atoms with E-state index >= 15 is 0 Å². The maximum atomic E-state index is 11.2. The number of nitrogens with zero attached hydrogens (tertiary/aromatic N) is 1. The topological polar surface area (TPSA) is 62.8 Å². The van der Waals surface area contributed by atoms with Crippen LogP contribution in [0.2, 0.25) is 0 Å². The summed E-state index contributed by atoms with van der Waals surface area (Å²) in [5, 5.41) is 9.15. The van der Waals surface area contributed by atoms with Gasteiger partial charge in [-0.2, -0.15) is 0 Å². The highest BCUT2D eigenvalue weighted by molar-refractivity contribution is 6.09. The molecule has 3 aliphatic rings. The van der Waals surface area contributed by atoms with Crippen molar-refractivity contribution < 1.29 is 14.3 Å². The van der Waals surface area contributed by atoms with Crippen LogP contribution in [0, 0.1) is 16.7 Å². The number of allylic oxidation sites excluding steroid dienone is 6. The van der Waals surface area contributed by atoms with E-state index in [-0.39, 0.29) is 16.6 Å². The third-order valence-electron chi connectivity index (χ3n) is 7.59. The van der Waals surface area contributed by atoms with Crippen LogP contribution in [0.25, 0.3) is 6.08 Å². The third kappa shape index (κ3) is 5.63. The number of furan rings is 1. The lowest BCUT2D eigenvalue weighted by Crippen LogP contribution is -2.37. The van der Waals surface area contributed by atoms with Gasteiger partial charge in [0.15, 0.2) is 0 Å². The number of aliphatic imine (C=N–C) groups is 1. The first-order valence-corrected chi connectivity index (χ1v) is 13.4. The number of hydrogen-bond acceptors (Lipinski definition) is 3. The summed E-state index contributed by atoms with van der Waals surface area (Å²) in [7, 11) is 0. The second-order valence-electron chi connectivity index (χ2n) is 11.9. The van der Waals surface area contributed by atoms with Crippen molar-refractivity contribution in [2.45, 2.75) is 92.4 Å². The van der Waals surface area contributed by atoms with Crippen molar-refractivity contribution >= 4 is 17.8 Å². The molecule has 0 spiro atoms. The van der Waals surface area contributed by atoms with Crippen LogP contribution < -0.4 is 0 Å². The van der Waals surface area contributed by atoms with Gasteiger partial charge in [-0.1, -0.05) is 85.3 Å². The molecule has 1 saturated carbocycles. The monoisotopic (exact) mass is 475 g/mol. The van der Waals surface area contributed by atoms with Gasteiger partial charge in [0.25, 0.3) is 0 Å². The SMILES string of the molecule is CCCCCCCCC1C=CC(/C=C/c2ccc(C(=O)O)o2)=C2N=C3C(=C21)CC(C)(C)CC3(C)C. The maximum absolute atomic E-state index is 11.2. The zero-order valence-electron chi connectivity index (χ0n) is 22.1. The van der Waals surface area contributed by atoms with Crippen molar-refractivity contribution in [3.8, 4) is 0 Å². The molecule has 4 heteroatoms. The molecule has 188 valence electrons. The summed E-state index contributed by atoms with van der Waals surface area (Å²) in [6.45, 7) is 11.7. The Morgan fingerprint density at radius 3 is 2.57 bits per heavy atom. The van der Waals surface area contributed by atoms with Crippen molar-refractivity contribution in [3.63, 3.8) is 0 Å². The summed E-state index contributed by atoms with van der Waals surface area (Å²) in [5.74, 6) is -0.141. The molecule has 4 rings (SSSR count). The highest BCUT2D eigenvalue weighted by atomic mass is 16.4. The van der Waals surface area contributed by atoms with E-state index in [1.54, 1.807) is 6.07 Å². The molecule has 1 aliphatic heterocycles. The van der Waals surface area contributed by atoms with E-state index in [0.717, 1.165) is 24.1 Å². The highest BCUT2D eigenvalue weighted by Gasteiger charge is 2.46. The van der Waals surface area contributed by atoms with Gasteiger partial charge in [-0.3, -0.25) is 4.99 Å². The maximum Gasteiger partial charge on any atom is 0.371 e. The first kappa shape index (κ1) is 25.5. The molecular weight excluding hydrogens is 434 g/mol. The van der Waals surface area contributed by atoms with Gasteiger partial charge in [0.1, 0.15) is 5.76 Å². The van der Waals surface area contributed by atoms with Gasteiger partial charge in [-0.05, 0) is 60.1 Å². The van der Waals surface area contributed by atoms with Crippen molar-refractivity contribution in [2.24, 2.45) is 21.7 Å². The average Bonchev–Trinajstić information content (AvgIpc) is 3.40. The standard InChI is InChI=1S/C31H41NO3/c1-6-7-8-9-10-11-12-21-13-14-22(15-16-23-17-18-25(35-23)29(33)34)27-26(21)24-19-30(2,3)20-31(4,5)28(24)32-27/h13-18,21H,6-12,19-20H2,1-5H3,(H,33,34)/b16-15+. The normalized spacial score (nSPS) is 22.5. The van der Waals surface area contributed by atoms with E-state index in [0.29, 0.717) is 11.7 Å². The summed E-state index contributed by atoms with van der Waals surface area (Å²) in [6, 6.07) is 3.19. The zero-order chi connectivity index (χ0) is 25.2. The van der Waals surface area contributed by atoms with E-state index in [9.17, 15) is 4.79 Å². The fourth-order valence-corrected chi connectivity index (χ4v) is 6.33. The number of rotatable bonds is 10. The predicted molar refractivity (Wildman–Crippen MR) is 144 cm³/mol. The Hall–Kier alpha value is -2.62. The lowest BCUT2D eigenvalue weighted by Gasteiger charge is -2.42. The summed E-state index contributed by atoms with van der Waals surface area (Å²) >= 11 is 0. The van der Waals surface area contributed by atoms with Gasteiger partial charge < -0.3 is 9.52 Å². The van der Waals surface area contributed by atoms with Gasteiger partial charge in [-0.15, -0.1) is 0 Å². The van der Waals surface area contributed by atoms with Crippen LogP contribution in [-0.4, -0.2) is 16.8 Å². The van der Waals surface area contributed by atoms with Crippen LogP contribution in [0.5, 0.6) is 0 Å². The molecule has 0 radical (unpaired) electrons. The Bertz CT molecular complexity index is 1120. The number of hydrogen-bond donors (Lipinski definition) is 1. The number of carboxylic acids is 1. The van der Waals surface area contributed by atoms with E-state index in [2.05, 4.69) is 46.8 Å². The minimum atomic E-state index is -1.05. The molecule has 1 unspecified atom stereocenters. The van der Waals surface area contributed by atoms with Crippen LogP contribution in [0.1, 0.15) is 109 Å². The van der Waals surface area contributed by atoms with E-state index in [1.807, 2.05) is 12.2 Å². The molecule has 2 aliphatic carbocycles. The van der Waals surface area contributed by atoms with Crippen LogP contribution in [-0.2, 0) is 0 Å². The molecule has 1 N–H and O–H groups in total. The van der Waals surface area contributed by atoms with E-state index < -0.39 is 5.97 Å². The molecule has 0 amide bonds. The quantitative estimate of drug-likeness (QED) is 0.344. The average molecular weight is 476 g/mol. The molecule has 1 aromatic rings. The predicted octanol–water partition coefficient (Wildman–Crippen LogP) is 8.78. The Kier molecular flexibility index (Phi) is 7.40. The Balaban J connectivity index is 1.64. The Labute approximate surface area is 210 Å². The van der Waals surface area contributed by atoms with Crippen molar-refractivity contribution in [3.05, 3.63) is 64.3 Å². The van der Waals surface area contributed by atoms with Gasteiger partial charge in [-0.25, -0.2) is 4.79 Å². The Morgan fingerprint density at radius 1 is 1.11 bits per heavy atom. The minimum Gasteiger partial charge on any atom is -0.475 e. The molecule has 1 aromatic heterocycles. The van der Waals surface area contributed by atoms with Crippen LogP contribution in [0.15, 0.2) is 62.2 Å². The molecule has 35 heavy (non-hydrogen) atoms. The van der Waals surface area contributed by atoms with Gasteiger partial charge in [0.05, 0.1) is 11.4 Å². The number of unbranched alkanes of at least 4 members (excludes halogenated alkanes) is 5. The number of fused-ring (bicyclic) bond motifs is 2. The molecular formula is C31H41NO3. The van der Waals surface area contributed by atoms with Crippen molar-refractivity contribution in [2.75, 3.05) is 0 Å². The fourth-order valence-electron chi connectivity index (χ4n) is 6.33. The molecule has 0 bridgehead atoms. The molecule has 1 fully saturated rings. The molecule has 4 nitrogen and oxygen atoms in total. The summed E-state index contributed by atoms with van der Waals surface area (Å²) in [5.41, 5.74) is 6.67.